The molecular weight excluding hydrogens is 410 g/mol. The molecule has 0 aromatic heterocycles. The molecule has 5 unspecified atom stereocenters. The SMILES string of the molecule is CC(C)CC(NC(=O)C(NC(=O)C(CCCCN)NC(=O)C(N)CO)C(C)O)C(=O)O. The normalized spacial score (nSPS) is 16.0. The third-order valence-corrected chi connectivity index (χ3v) is 4.50. The van der Waals surface area contributed by atoms with Crippen LogP contribution >= 0.6 is 0 Å². The van der Waals surface area contributed by atoms with Gasteiger partial charge in [-0.1, -0.05) is 13.8 Å². The van der Waals surface area contributed by atoms with Crippen LogP contribution in [-0.2, 0) is 19.2 Å². The molecule has 3 amide bonds. The Balaban J connectivity index is 5.36. The summed E-state index contributed by atoms with van der Waals surface area (Å²) in [6, 6.07) is -4.94. The predicted molar refractivity (Wildman–Crippen MR) is 113 cm³/mol. The second-order valence-corrected chi connectivity index (χ2v) is 7.89. The van der Waals surface area contributed by atoms with E-state index < -0.39 is 60.6 Å². The van der Waals surface area contributed by atoms with Gasteiger partial charge in [0.2, 0.25) is 17.7 Å². The van der Waals surface area contributed by atoms with Crippen LogP contribution in [0.5, 0.6) is 0 Å². The number of nitrogens with two attached hydrogens (primary N) is 2. The van der Waals surface area contributed by atoms with Crippen molar-refractivity contribution in [1.29, 1.82) is 0 Å². The van der Waals surface area contributed by atoms with E-state index >= 15 is 0 Å². The van der Waals surface area contributed by atoms with E-state index in [4.69, 9.17) is 16.6 Å². The van der Waals surface area contributed by atoms with Gasteiger partial charge in [0.25, 0.3) is 0 Å². The van der Waals surface area contributed by atoms with E-state index in [9.17, 15) is 29.4 Å². The average molecular weight is 448 g/mol. The van der Waals surface area contributed by atoms with E-state index in [-0.39, 0.29) is 18.8 Å². The van der Waals surface area contributed by atoms with Gasteiger partial charge in [-0.05, 0) is 45.1 Å². The van der Waals surface area contributed by atoms with Gasteiger partial charge in [-0.2, -0.15) is 0 Å². The van der Waals surface area contributed by atoms with Crippen LogP contribution in [-0.4, -0.2) is 82.4 Å². The summed E-state index contributed by atoms with van der Waals surface area (Å²) in [4.78, 5) is 48.7. The summed E-state index contributed by atoms with van der Waals surface area (Å²) in [5.41, 5.74) is 10.9. The Morgan fingerprint density at radius 1 is 0.903 bits per heavy atom. The number of aliphatic hydroxyl groups excluding tert-OH is 2. The number of rotatable bonds is 15. The molecule has 12 heteroatoms. The Bertz CT molecular complexity index is 600. The molecule has 0 radical (unpaired) electrons. The highest BCUT2D eigenvalue weighted by atomic mass is 16.4. The quantitative estimate of drug-likeness (QED) is 0.123. The standard InChI is InChI=1S/C19H37N5O7/c1-10(2)8-14(19(30)31)23-18(29)15(11(3)26)24-17(28)13(6-4-5-7-20)22-16(27)12(21)9-25/h10-15,25-26H,4-9,20-21H2,1-3H3,(H,22,27)(H,23,29)(H,24,28)(H,30,31). The summed E-state index contributed by atoms with van der Waals surface area (Å²) in [7, 11) is 0. The summed E-state index contributed by atoms with van der Waals surface area (Å²) >= 11 is 0. The first kappa shape index (κ1) is 28.7. The van der Waals surface area contributed by atoms with Crippen LogP contribution in [0, 0.1) is 5.92 Å². The summed E-state index contributed by atoms with van der Waals surface area (Å²) in [5.74, 6) is -3.62. The van der Waals surface area contributed by atoms with Crippen LogP contribution in [0.15, 0.2) is 0 Å². The minimum absolute atomic E-state index is 0.0149. The van der Waals surface area contributed by atoms with Gasteiger partial charge in [-0.15, -0.1) is 0 Å². The highest BCUT2D eigenvalue weighted by Crippen LogP contribution is 2.07. The molecule has 0 saturated carbocycles. The molecule has 0 aliphatic rings. The maximum Gasteiger partial charge on any atom is 0.326 e. The van der Waals surface area contributed by atoms with Crippen LogP contribution in [0.25, 0.3) is 0 Å². The largest absolute Gasteiger partial charge is 0.480 e. The monoisotopic (exact) mass is 447 g/mol. The molecular formula is C19H37N5O7. The molecule has 5 atom stereocenters. The Labute approximate surface area is 182 Å². The van der Waals surface area contributed by atoms with Crippen molar-refractivity contribution in [2.24, 2.45) is 17.4 Å². The fraction of sp³-hybridized carbons (Fsp3) is 0.789. The first-order valence-corrected chi connectivity index (χ1v) is 10.3. The molecule has 0 spiro atoms. The molecule has 0 fully saturated rings. The Morgan fingerprint density at radius 3 is 1.94 bits per heavy atom. The van der Waals surface area contributed by atoms with Gasteiger partial charge >= 0.3 is 5.97 Å². The minimum atomic E-state index is -1.44. The smallest absolute Gasteiger partial charge is 0.326 e. The lowest BCUT2D eigenvalue weighted by molar-refractivity contribution is -0.143. The van der Waals surface area contributed by atoms with Crippen LogP contribution in [0.1, 0.15) is 46.5 Å². The number of carboxylic acid groups (broad SMARTS) is 1. The number of aliphatic carboxylic acids is 1. The van der Waals surface area contributed by atoms with Crippen LogP contribution in [0.4, 0.5) is 0 Å². The van der Waals surface area contributed by atoms with Crippen molar-refractivity contribution in [3.8, 4) is 0 Å². The van der Waals surface area contributed by atoms with Gasteiger partial charge in [-0.25, -0.2) is 4.79 Å². The maximum absolute atomic E-state index is 12.7. The summed E-state index contributed by atoms with van der Waals surface area (Å²) in [6.45, 7) is 4.62. The fourth-order valence-corrected chi connectivity index (χ4v) is 2.74. The first-order valence-electron chi connectivity index (χ1n) is 10.3. The Hall–Kier alpha value is -2.28. The van der Waals surface area contributed by atoms with Crippen LogP contribution in [0.2, 0.25) is 0 Å². The summed E-state index contributed by atoms with van der Waals surface area (Å²) < 4.78 is 0. The topological polar surface area (TPSA) is 217 Å². The number of hydrogen-bond acceptors (Lipinski definition) is 8. The molecule has 0 heterocycles. The second kappa shape index (κ2) is 14.7. The number of carbonyl (C=O) groups is 4. The molecule has 31 heavy (non-hydrogen) atoms. The highest BCUT2D eigenvalue weighted by molar-refractivity contribution is 5.94. The van der Waals surface area contributed by atoms with E-state index in [0.717, 1.165) is 0 Å². The van der Waals surface area contributed by atoms with Crippen molar-refractivity contribution in [2.75, 3.05) is 13.2 Å². The molecule has 0 aromatic carbocycles. The first-order chi connectivity index (χ1) is 14.4. The van der Waals surface area contributed by atoms with E-state index in [1.165, 1.54) is 6.92 Å². The van der Waals surface area contributed by atoms with Gasteiger partial charge < -0.3 is 42.7 Å². The van der Waals surface area contributed by atoms with Crippen molar-refractivity contribution in [1.82, 2.24) is 16.0 Å². The number of nitrogens with one attached hydrogen (secondary N) is 3. The highest BCUT2D eigenvalue weighted by Gasteiger charge is 2.32. The average Bonchev–Trinajstić information content (AvgIpc) is 2.68. The van der Waals surface area contributed by atoms with Crippen LogP contribution < -0.4 is 27.4 Å². The molecule has 0 aliphatic carbocycles. The molecule has 0 saturated heterocycles. The summed E-state index contributed by atoms with van der Waals surface area (Å²) in [6.07, 6.45) is 0.0913. The lowest BCUT2D eigenvalue weighted by Crippen LogP contribution is -2.60. The van der Waals surface area contributed by atoms with Crippen molar-refractivity contribution in [2.45, 2.75) is 76.7 Å². The Kier molecular flexibility index (Phi) is 13.6. The molecule has 10 N–H and O–H groups in total. The number of carbonyl (C=O) groups excluding carboxylic acids is 3. The number of aliphatic hydroxyl groups is 2. The summed E-state index contributed by atoms with van der Waals surface area (Å²) in [5, 5.41) is 35.4. The number of carboxylic acids is 1. The van der Waals surface area contributed by atoms with Crippen molar-refractivity contribution in [3.05, 3.63) is 0 Å². The van der Waals surface area contributed by atoms with E-state index in [1.54, 1.807) is 13.8 Å². The second-order valence-electron chi connectivity index (χ2n) is 7.89. The van der Waals surface area contributed by atoms with Gasteiger partial charge in [0.05, 0.1) is 12.7 Å². The molecule has 0 rings (SSSR count). The lowest BCUT2D eigenvalue weighted by atomic mass is 10.0. The zero-order valence-electron chi connectivity index (χ0n) is 18.3. The fourth-order valence-electron chi connectivity index (χ4n) is 2.74. The zero-order valence-corrected chi connectivity index (χ0v) is 18.3. The lowest BCUT2D eigenvalue weighted by Gasteiger charge is -2.26. The van der Waals surface area contributed by atoms with Crippen LogP contribution in [0.3, 0.4) is 0 Å². The van der Waals surface area contributed by atoms with Gasteiger partial charge in [0.15, 0.2) is 0 Å². The minimum Gasteiger partial charge on any atom is -0.480 e. The number of unbranched alkanes of at least 4 members (excludes halogenated alkanes) is 1. The van der Waals surface area contributed by atoms with Gasteiger partial charge in [-0.3, -0.25) is 14.4 Å². The van der Waals surface area contributed by atoms with Gasteiger partial charge in [0.1, 0.15) is 24.2 Å². The molecule has 12 nitrogen and oxygen atoms in total. The molecule has 0 aromatic rings. The molecule has 0 aliphatic heterocycles. The number of amides is 3. The van der Waals surface area contributed by atoms with E-state index in [0.29, 0.717) is 19.4 Å². The predicted octanol–water partition coefficient (Wildman–Crippen LogP) is -2.60. The zero-order chi connectivity index (χ0) is 24.1. The molecule has 0 bridgehead atoms. The van der Waals surface area contributed by atoms with E-state index in [2.05, 4.69) is 16.0 Å². The maximum atomic E-state index is 12.7. The van der Waals surface area contributed by atoms with Crippen molar-refractivity contribution < 1.29 is 34.5 Å². The van der Waals surface area contributed by atoms with E-state index in [1.807, 2.05) is 0 Å². The van der Waals surface area contributed by atoms with Gasteiger partial charge in [0, 0.05) is 0 Å². The number of hydrogen-bond donors (Lipinski definition) is 8. The third-order valence-electron chi connectivity index (χ3n) is 4.50. The third kappa shape index (κ3) is 11.1. The van der Waals surface area contributed by atoms with Crippen molar-refractivity contribution >= 4 is 23.7 Å². The Morgan fingerprint density at radius 2 is 1.48 bits per heavy atom. The molecule has 180 valence electrons. The van der Waals surface area contributed by atoms with Crippen molar-refractivity contribution in [3.63, 3.8) is 0 Å².